The Bertz CT molecular complexity index is 529. The van der Waals surface area contributed by atoms with Crippen molar-refractivity contribution >= 4 is 5.91 Å². The zero-order valence-electron chi connectivity index (χ0n) is 15.1. The SMILES string of the molecule is O=C1CCCN1CCNCC1CCN(C[C@@H](O)c2ccccc2)CC1. The third-order valence-corrected chi connectivity index (χ3v) is 5.49. The fraction of sp³-hybridized carbons (Fsp3) is 0.650. The van der Waals surface area contributed by atoms with Gasteiger partial charge in [-0.25, -0.2) is 0 Å². The Hall–Kier alpha value is -1.43. The first kappa shape index (κ1) is 18.4. The van der Waals surface area contributed by atoms with Gasteiger partial charge in [0.15, 0.2) is 0 Å². The van der Waals surface area contributed by atoms with E-state index in [0.29, 0.717) is 11.8 Å². The van der Waals surface area contributed by atoms with E-state index in [-0.39, 0.29) is 0 Å². The maximum absolute atomic E-state index is 11.6. The number of hydrogen-bond donors (Lipinski definition) is 2. The van der Waals surface area contributed by atoms with Crippen LogP contribution in [0.15, 0.2) is 30.3 Å². The first-order valence-corrected chi connectivity index (χ1v) is 9.66. The first-order valence-electron chi connectivity index (χ1n) is 9.66. The molecule has 0 bridgehead atoms. The number of nitrogens with zero attached hydrogens (tertiary/aromatic N) is 2. The molecule has 1 aromatic rings. The van der Waals surface area contributed by atoms with Gasteiger partial charge >= 0.3 is 0 Å². The summed E-state index contributed by atoms with van der Waals surface area (Å²) in [7, 11) is 0. The molecular weight excluding hydrogens is 314 g/mol. The van der Waals surface area contributed by atoms with Crippen molar-refractivity contribution in [2.24, 2.45) is 5.92 Å². The molecular formula is C20H31N3O2. The van der Waals surface area contributed by atoms with Crippen LogP contribution in [0, 0.1) is 5.92 Å². The van der Waals surface area contributed by atoms with Crippen molar-refractivity contribution in [1.82, 2.24) is 15.1 Å². The molecule has 1 amide bonds. The molecule has 0 aliphatic carbocycles. The number of carbonyl (C=O) groups excluding carboxylic acids is 1. The van der Waals surface area contributed by atoms with Crippen LogP contribution in [0.2, 0.25) is 0 Å². The number of piperidine rings is 1. The maximum atomic E-state index is 11.6. The van der Waals surface area contributed by atoms with Gasteiger partial charge in [-0.3, -0.25) is 4.79 Å². The summed E-state index contributed by atoms with van der Waals surface area (Å²) in [4.78, 5) is 15.9. The Balaban J connectivity index is 1.29. The summed E-state index contributed by atoms with van der Waals surface area (Å²) in [6, 6.07) is 9.92. The topological polar surface area (TPSA) is 55.8 Å². The predicted molar refractivity (Wildman–Crippen MR) is 99.2 cm³/mol. The average molecular weight is 345 g/mol. The van der Waals surface area contributed by atoms with Gasteiger partial charge in [-0.1, -0.05) is 30.3 Å². The summed E-state index contributed by atoms with van der Waals surface area (Å²) in [6.07, 6.45) is 3.71. The van der Waals surface area contributed by atoms with Crippen LogP contribution in [-0.4, -0.2) is 66.6 Å². The molecule has 0 saturated carbocycles. The van der Waals surface area contributed by atoms with Crippen LogP contribution < -0.4 is 5.32 Å². The van der Waals surface area contributed by atoms with Gasteiger partial charge in [-0.05, 0) is 50.4 Å². The molecule has 2 fully saturated rings. The number of β-amino-alcohol motifs (C(OH)–C–C–N with tert-alkyl or cyclic N) is 1. The van der Waals surface area contributed by atoms with Crippen LogP contribution in [0.1, 0.15) is 37.4 Å². The van der Waals surface area contributed by atoms with Crippen molar-refractivity contribution in [3.05, 3.63) is 35.9 Å². The number of amides is 1. The van der Waals surface area contributed by atoms with E-state index in [4.69, 9.17) is 0 Å². The molecule has 0 unspecified atom stereocenters. The molecule has 1 atom stereocenters. The quantitative estimate of drug-likeness (QED) is 0.704. The van der Waals surface area contributed by atoms with Crippen LogP contribution in [0.25, 0.3) is 0 Å². The minimum absolute atomic E-state index is 0.312. The van der Waals surface area contributed by atoms with Crippen LogP contribution in [0.4, 0.5) is 0 Å². The lowest BCUT2D eigenvalue weighted by molar-refractivity contribution is -0.127. The molecule has 0 spiro atoms. The summed E-state index contributed by atoms with van der Waals surface area (Å²) < 4.78 is 0. The van der Waals surface area contributed by atoms with Gasteiger partial charge in [0, 0.05) is 32.6 Å². The van der Waals surface area contributed by atoms with Gasteiger partial charge < -0.3 is 20.2 Å². The second-order valence-corrected chi connectivity index (χ2v) is 7.36. The summed E-state index contributed by atoms with van der Waals surface area (Å²) in [5.74, 6) is 1.02. The molecule has 1 aromatic carbocycles. The summed E-state index contributed by atoms with van der Waals surface area (Å²) >= 11 is 0. The molecule has 0 radical (unpaired) electrons. The predicted octanol–water partition coefficient (Wildman–Crippen LogP) is 1.64. The summed E-state index contributed by atoms with van der Waals surface area (Å²) in [5.41, 5.74) is 1.00. The highest BCUT2D eigenvalue weighted by molar-refractivity contribution is 5.78. The van der Waals surface area contributed by atoms with Crippen LogP contribution in [0.3, 0.4) is 0 Å². The smallest absolute Gasteiger partial charge is 0.222 e. The molecule has 3 rings (SSSR count). The number of likely N-dealkylation sites (tertiary alicyclic amines) is 2. The molecule has 2 heterocycles. The number of rotatable bonds is 8. The summed E-state index contributed by atoms with van der Waals surface area (Å²) in [5, 5.41) is 13.9. The maximum Gasteiger partial charge on any atom is 0.222 e. The van der Waals surface area contributed by atoms with Crippen molar-refractivity contribution in [3.8, 4) is 0 Å². The lowest BCUT2D eigenvalue weighted by atomic mass is 9.96. The van der Waals surface area contributed by atoms with E-state index in [1.54, 1.807) is 0 Å². The molecule has 5 heteroatoms. The van der Waals surface area contributed by atoms with Crippen LogP contribution in [0.5, 0.6) is 0 Å². The highest BCUT2D eigenvalue weighted by Gasteiger charge is 2.22. The zero-order chi connectivity index (χ0) is 17.5. The van der Waals surface area contributed by atoms with Gasteiger partial charge in [0.1, 0.15) is 0 Å². The van der Waals surface area contributed by atoms with E-state index in [1.165, 1.54) is 12.8 Å². The number of nitrogens with one attached hydrogen (secondary N) is 1. The molecule has 5 nitrogen and oxygen atoms in total. The van der Waals surface area contributed by atoms with E-state index >= 15 is 0 Å². The number of benzene rings is 1. The Labute approximate surface area is 151 Å². The van der Waals surface area contributed by atoms with E-state index in [9.17, 15) is 9.90 Å². The molecule has 2 saturated heterocycles. The average Bonchev–Trinajstić information content (AvgIpc) is 3.06. The highest BCUT2D eigenvalue weighted by atomic mass is 16.3. The third-order valence-electron chi connectivity index (χ3n) is 5.49. The Morgan fingerprint density at radius 3 is 2.60 bits per heavy atom. The van der Waals surface area contributed by atoms with Crippen molar-refractivity contribution in [3.63, 3.8) is 0 Å². The largest absolute Gasteiger partial charge is 0.387 e. The van der Waals surface area contributed by atoms with Gasteiger partial charge in [0.2, 0.25) is 5.91 Å². The van der Waals surface area contributed by atoms with Crippen LogP contribution >= 0.6 is 0 Å². The lowest BCUT2D eigenvalue weighted by Crippen LogP contribution is -2.40. The molecule has 2 aliphatic rings. The second kappa shape index (κ2) is 9.32. The Morgan fingerprint density at radius 1 is 1.16 bits per heavy atom. The summed E-state index contributed by atoms with van der Waals surface area (Å²) in [6.45, 7) is 6.56. The second-order valence-electron chi connectivity index (χ2n) is 7.36. The normalized spacial score (nSPS) is 21.0. The van der Waals surface area contributed by atoms with Crippen molar-refractivity contribution in [2.45, 2.75) is 31.8 Å². The van der Waals surface area contributed by atoms with Crippen LogP contribution in [-0.2, 0) is 4.79 Å². The Morgan fingerprint density at radius 2 is 1.92 bits per heavy atom. The van der Waals surface area contributed by atoms with E-state index in [2.05, 4.69) is 10.2 Å². The number of carbonyl (C=O) groups is 1. The van der Waals surface area contributed by atoms with Gasteiger partial charge in [0.05, 0.1) is 6.10 Å². The number of aliphatic hydroxyl groups excluding tert-OH is 1. The number of aliphatic hydroxyl groups is 1. The minimum atomic E-state index is -0.395. The lowest BCUT2D eigenvalue weighted by Gasteiger charge is -2.33. The van der Waals surface area contributed by atoms with Crippen molar-refractivity contribution in [1.29, 1.82) is 0 Å². The fourth-order valence-corrected chi connectivity index (χ4v) is 3.86. The third kappa shape index (κ3) is 5.53. The van der Waals surface area contributed by atoms with Gasteiger partial charge in [0.25, 0.3) is 0 Å². The Kier molecular flexibility index (Phi) is 6.84. The van der Waals surface area contributed by atoms with E-state index < -0.39 is 6.10 Å². The van der Waals surface area contributed by atoms with E-state index in [0.717, 1.165) is 64.2 Å². The fourth-order valence-electron chi connectivity index (χ4n) is 3.86. The number of hydrogen-bond acceptors (Lipinski definition) is 4. The van der Waals surface area contributed by atoms with Crippen molar-refractivity contribution < 1.29 is 9.90 Å². The van der Waals surface area contributed by atoms with Gasteiger partial charge in [-0.15, -0.1) is 0 Å². The highest BCUT2D eigenvalue weighted by Crippen LogP contribution is 2.20. The standard InChI is InChI=1S/C20H31N3O2/c24-19(18-5-2-1-3-6-18)16-22-12-8-17(9-13-22)15-21-10-14-23-11-4-7-20(23)25/h1-3,5-6,17,19,21,24H,4,7-16H2/t19-/m1/s1. The monoisotopic (exact) mass is 345 g/mol. The molecule has 0 aromatic heterocycles. The molecule has 25 heavy (non-hydrogen) atoms. The molecule has 2 aliphatic heterocycles. The first-order chi connectivity index (χ1) is 12.2. The molecule has 138 valence electrons. The van der Waals surface area contributed by atoms with E-state index in [1.807, 2.05) is 35.2 Å². The van der Waals surface area contributed by atoms with Gasteiger partial charge in [-0.2, -0.15) is 0 Å². The molecule has 2 N–H and O–H groups in total. The van der Waals surface area contributed by atoms with Crippen molar-refractivity contribution in [2.75, 3.05) is 45.8 Å². The zero-order valence-corrected chi connectivity index (χ0v) is 15.1. The minimum Gasteiger partial charge on any atom is -0.387 e.